The summed E-state index contributed by atoms with van der Waals surface area (Å²) in [6.45, 7) is 6.99. The van der Waals surface area contributed by atoms with Crippen molar-refractivity contribution >= 4 is 0 Å². The molecule has 124 valence electrons. The number of nitrogens with one attached hydrogen (secondary N) is 1. The Morgan fingerprint density at radius 3 is 2.96 bits per heavy atom. The van der Waals surface area contributed by atoms with Gasteiger partial charge in [-0.1, -0.05) is 24.3 Å². The van der Waals surface area contributed by atoms with Crippen LogP contribution in [0.3, 0.4) is 0 Å². The van der Waals surface area contributed by atoms with E-state index in [0.29, 0.717) is 19.6 Å². The van der Waals surface area contributed by atoms with Gasteiger partial charge in [-0.3, -0.25) is 4.90 Å². The number of benzene rings is 1. The average molecular weight is 314 g/mol. The maximum absolute atomic E-state index is 10.3. The van der Waals surface area contributed by atoms with Crippen molar-refractivity contribution in [3.63, 3.8) is 0 Å². The van der Waals surface area contributed by atoms with Crippen molar-refractivity contribution in [1.82, 2.24) is 19.8 Å². The summed E-state index contributed by atoms with van der Waals surface area (Å²) >= 11 is 0. The summed E-state index contributed by atoms with van der Waals surface area (Å²) in [4.78, 5) is 6.67. The van der Waals surface area contributed by atoms with E-state index in [-0.39, 0.29) is 6.10 Å². The fraction of sp³-hybridized carbons (Fsp3) is 0.500. The molecule has 2 heterocycles. The molecule has 0 spiro atoms. The SMILES string of the molecule is CCn1ccnc1CNCC(O)CN1CCc2ccccc2C1. The van der Waals surface area contributed by atoms with Crippen molar-refractivity contribution in [3.8, 4) is 0 Å². The number of imidazole rings is 1. The van der Waals surface area contributed by atoms with Crippen LogP contribution in [0.25, 0.3) is 0 Å². The number of aryl methyl sites for hydroxylation is 1. The van der Waals surface area contributed by atoms with E-state index in [1.807, 2.05) is 12.4 Å². The molecule has 0 fully saturated rings. The zero-order chi connectivity index (χ0) is 16.1. The van der Waals surface area contributed by atoms with E-state index in [2.05, 4.69) is 51.0 Å². The Hall–Kier alpha value is -1.69. The van der Waals surface area contributed by atoms with Crippen LogP contribution in [0.15, 0.2) is 36.7 Å². The van der Waals surface area contributed by atoms with Gasteiger partial charge < -0.3 is 15.0 Å². The third-order valence-electron chi connectivity index (χ3n) is 4.48. The van der Waals surface area contributed by atoms with Crippen LogP contribution in [0.2, 0.25) is 0 Å². The van der Waals surface area contributed by atoms with Crippen LogP contribution in [0.4, 0.5) is 0 Å². The highest BCUT2D eigenvalue weighted by Crippen LogP contribution is 2.18. The highest BCUT2D eigenvalue weighted by molar-refractivity contribution is 5.29. The molecule has 0 saturated carbocycles. The number of fused-ring (bicyclic) bond motifs is 1. The fourth-order valence-electron chi connectivity index (χ4n) is 3.22. The number of aromatic nitrogens is 2. The molecule has 5 heteroatoms. The van der Waals surface area contributed by atoms with Crippen LogP contribution in [-0.4, -0.2) is 45.3 Å². The summed E-state index contributed by atoms with van der Waals surface area (Å²) in [5.41, 5.74) is 2.84. The number of aliphatic hydroxyl groups excluding tert-OH is 1. The summed E-state index contributed by atoms with van der Waals surface area (Å²) in [7, 11) is 0. The Labute approximate surface area is 138 Å². The second kappa shape index (κ2) is 7.73. The van der Waals surface area contributed by atoms with Gasteiger partial charge in [0.05, 0.1) is 12.6 Å². The third-order valence-corrected chi connectivity index (χ3v) is 4.48. The maximum atomic E-state index is 10.3. The van der Waals surface area contributed by atoms with Gasteiger partial charge in [0.25, 0.3) is 0 Å². The van der Waals surface area contributed by atoms with Gasteiger partial charge in [-0.15, -0.1) is 0 Å². The lowest BCUT2D eigenvalue weighted by molar-refractivity contribution is 0.104. The van der Waals surface area contributed by atoms with E-state index in [4.69, 9.17) is 0 Å². The van der Waals surface area contributed by atoms with Crippen molar-refractivity contribution in [1.29, 1.82) is 0 Å². The lowest BCUT2D eigenvalue weighted by Gasteiger charge is -2.30. The molecule has 1 aliphatic heterocycles. The van der Waals surface area contributed by atoms with Crippen LogP contribution in [-0.2, 0) is 26.1 Å². The van der Waals surface area contributed by atoms with Crippen molar-refractivity contribution in [2.75, 3.05) is 19.6 Å². The van der Waals surface area contributed by atoms with Gasteiger partial charge in [0.2, 0.25) is 0 Å². The van der Waals surface area contributed by atoms with Gasteiger partial charge >= 0.3 is 0 Å². The summed E-state index contributed by atoms with van der Waals surface area (Å²) in [6, 6.07) is 8.60. The summed E-state index contributed by atoms with van der Waals surface area (Å²) < 4.78 is 2.11. The van der Waals surface area contributed by atoms with Crippen molar-refractivity contribution in [3.05, 3.63) is 53.6 Å². The monoisotopic (exact) mass is 314 g/mol. The van der Waals surface area contributed by atoms with E-state index in [1.54, 1.807) is 0 Å². The Bertz CT molecular complexity index is 625. The highest BCUT2D eigenvalue weighted by atomic mass is 16.3. The minimum absolute atomic E-state index is 0.356. The first-order valence-corrected chi connectivity index (χ1v) is 8.44. The van der Waals surface area contributed by atoms with Crippen LogP contribution in [0.1, 0.15) is 23.9 Å². The number of aliphatic hydroxyl groups is 1. The zero-order valence-electron chi connectivity index (χ0n) is 13.8. The van der Waals surface area contributed by atoms with E-state index in [9.17, 15) is 5.11 Å². The molecule has 1 atom stereocenters. The lowest BCUT2D eigenvalue weighted by Crippen LogP contribution is -2.40. The standard InChI is InChI=1S/C18H26N4O/c1-2-22-10-8-20-18(22)12-19-11-17(23)14-21-9-7-15-5-3-4-6-16(15)13-21/h3-6,8,10,17,19,23H,2,7,9,11-14H2,1H3. The van der Waals surface area contributed by atoms with Gasteiger partial charge in [0.1, 0.15) is 5.82 Å². The van der Waals surface area contributed by atoms with Crippen LogP contribution in [0.5, 0.6) is 0 Å². The van der Waals surface area contributed by atoms with Crippen LogP contribution >= 0.6 is 0 Å². The second-order valence-corrected chi connectivity index (χ2v) is 6.17. The molecule has 2 aromatic rings. The zero-order valence-corrected chi connectivity index (χ0v) is 13.8. The Morgan fingerprint density at radius 2 is 2.13 bits per heavy atom. The molecule has 0 bridgehead atoms. The Balaban J connectivity index is 1.42. The maximum Gasteiger partial charge on any atom is 0.122 e. The van der Waals surface area contributed by atoms with E-state index in [1.165, 1.54) is 11.1 Å². The van der Waals surface area contributed by atoms with Gasteiger partial charge in [-0.05, 0) is 24.5 Å². The predicted molar refractivity (Wildman–Crippen MR) is 91.0 cm³/mol. The molecule has 2 N–H and O–H groups in total. The molecule has 1 aromatic carbocycles. The largest absolute Gasteiger partial charge is 0.390 e. The number of hydrogen-bond donors (Lipinski definition) is 2. The molecule has 1 unspecified atom stereocenters. The Kier molecular flexibility index (Phi) is 5.43. The van der Waals surface area contributed by atoms with E-state index < -0.39 is 0 Å². The van der Waals surface area contributed by atoms with E-state index in [0.717, 1.165) is 31.9 Å². The lowest BCUT2D eigenvalue weighted by atomic mass is 10.00. The fourth-order valence-corrected chi connectivity index (χ4v) is 3.22. The quantitative estimate of drug-likeness (QED) is 0.811. The minimum Gasteiger partial charge on any atom is -0.390 e. The molecule has 23 heavy (non-hydrogen) atoms. The smallest absolute Gasteiger partial charge is 0.122 e. The molecule has 5 nitrogen and oxygen atoms in total. The molecule has 0 aliphatic carbocycles. The van der Waals surface area contributed by atoms with Crippen molar-refractivity contribution in [2.24, 2.45) is 0 Å². The van der Waals surface area contributed by atoms with Gasteiger partial charge in [0.15, 0.2) is 0 Å². The highest BCUT2D eigenvalue weighted by Gasteiger charge is 2.18. The summed E-state index contributed by atoms with van der Waals surface area (Å²) in [5.74, 6) is 1.02. The Morgan fingerprint density at radius 1 is 1.30 bits per heavy atom. The molecular weight excluding hydrogens is 288 g/mol. The van der Waals surface area contributed by atoms with E-state index >= 15 is 0 Å². The second-order valence-electron chi connectivity index (χ2n) is 6.17. The van der Waals surface area contributed by atoms with Gasteiger partial charge in [-0.25, -0.2) is 4.98 Å². The summed E-state index contributed by atoms with van der Waals surface area (Å²) in [5, 5.41) is 13.6. The van der Waals surface area contributed by atoms with Gasteiger partial charge in [-0.2, -0.15) is 0 Å². The van der Waals surface area contributed by atoms with Crippen molar-refractivity contribution < 1.29 is 5.11 Å². The summed E-state index contributed by atoms with van der Waals surface area (Å²) in [6.07, 6.45) is 4.52. The predicted octanol–water partition coefficient (Wildman–Crippen LogP) is 1.41. The molecular formula is C18H26N4O. The topological polar surface area (TPSA) is 53.3 Å². The molecule has 3 rings (SSSR count). The number of hydrogen-bond acceptors (Lipinski definition) is 4. The first-order chi connectivity index (χ1) is 11.3. The molecule has 0 radical (unpaired) electrons. The molecule has 1 aromatic heterocycles. The van der Waals surface area contributed by atoms with Crippen molar-refractivity contribution in [2.45, 2.75) is 39.1 Å². The van der Waals surface area contributed by atoms with Gasteiger partial charge in [0, 0.05) is 45.1 Å². The number of nitrogens with zero attached hydrogens (tertiary/aromatic N) is 3. The normalized spacial score (nSPS) is 16.3. The molecule has 1 aliphatic rings. The first-order valence-electron chi connectivity index (χ1n) is 8.44. The average Bonchev–Trinajstić information content (AvgIpc) is 3.02. The first kappa shape index (κ1) is 16.2. The molecule has 0 amide bonds. The molecule has 0 saturated heterocycles. The minimum atomic E-state index is -0.356. The number of rotatable bonds is 7. The van der Waals surface area contributed by atoms with Crippen LogP contribution < -0.4 is 5.32 Å². The van der Waals surface area contributed by atoms with Crippen LogP contribution in [0, 0.1) is 0 Å². The number of β-amino-alcohol motifs (C(OH)–C–C–N with tert-alkyl or cyclic N) is 1. The third kappa shape index (κ3) is 4.19.